The molecule has 0 spiro atoms. The first-order valence-electron chi connectivity index (χ1n) is 7.67. The molecular weight excluding hydrogens is 329 g/mol. The number of methoxy groups -OCH3 is 2. The number of benzene rings is 1. The van der Waals surface area contributed by atoms with E-state index in [-0.39, 0.29) is 23.5 Å². The molecule has 0 saturated heterocycles. The summed E-state index contributed by atoms with van der Waals surface area (Å²) in [5, 5.41) is 6.74. The zero-order chi connectivity index (χ0) is 18.4. The van der Waals surface area contributed by atoms with E-state index in [4.69, 9.17) is 9.47 Å². The van der Waals surface area contributed by atoms with E-state index in [9.17, 15) is 14.0 Å². The van der Waals surface area contributed by atoms with Crippen molar-refractivity contribution in [3.8, 4) is 5.75 Å². The lowest BCUT2D eigenvalue weighted by Crippen LogP contribution is -2.31. The molecule has 0 aliphatic carbocycles. The SMILES string of the molecule is COCCn1nc(C(=O)NC(C)c2ccc(OC)c(F)c2)ccc1=O. The van der Waals surface area contributed by atoms with Crippen LogP contribution < -0.4 is 15.6 Å². The van der Waals surface area contributed by atoms with Crippen LogP contribution in [0.1, 0.15) is 29.0 Å². The van der Waals surface area contributed by atoms with Crippen LogP contribution in [0.4, 0.5) is 4.39 Å². The number of amides is 1. The van der Waals surface area contributed by atoms with Crippen molar-refractivity contribution in [3.05, 3.63) is 57.8 Å². The van der Waals surface area contributed by atoms with Crippen LogP contribution in [0.2, 0.25) is 0 Å². The second-order valence-corrected chi connectivity index (χ2v) is 5.36. The van der Waals surface area contributed by atoms with Crippen molar-refractivity contribution in [3.63, 3.8) is 0 Å². The Labute approximate surface area is 144 Å². The summed E-state index contributed by atoms with van der Waals surface area (Å²) in [4.78, 5) is 24.0. The first-order valence-corrected chi connectivity index (χ1v) is 7.67. The summed E-state index contributed by atoms with van der Waals surface area (Å²) in [7, 11) is 2.89. The number of aromatic nitrogens is 2. The van der Waals surface area contributed by atoms with E-state index in [1.807, 2.05) is 0 Å². The smallest absolute Gasteiger partial charge is 0.272 e. The molecule has 134 valence electrons. The van der Waals surface area contributed by atoms with Gasteiger partial charge in [0.2, 0.25) is 0 Å². The molecule has 2 rings (SSSR count). The number of ether oxygens (including phenoxy) is 2. The number of halogens is 1. The van der Waals surface area contributed by atoms with Crippen molar-refractivity contribution >= 4 is 5.91 Å². The third-order valence-electron chi connectivity index (χ3n) is 3.63. The second kappa shape index (κ2) is 8.39. The fourth-order valence-electron chi connectivity index (χ4n) is 2.21. The van der Waals surface area contributed by atoms with Crippen molar-refractivity contribution in [2.45, 2.75) is 19.5 Å². The molecule has 1 unspecified atom stereocenters. The summed E-state index contributed by atoms with van der Waals surface area (Å²) in [6.07, 6.45) is 0. The highest BCUT2D eigenvalue weighted by Gasteiger charge is 2.15. The van der Waals surface area contributed by atoms with Gasteiger partial charge in [0.15, 0.2) is 11.6 Å². The highest BCUT2D eigenvalue weighted by molar-refractivity contribution is 5.92. The number of hydrogen-bond acceptors (Lipinski definition) is 5. The highest BCUT2D eigenvalue weighted by atomic mass is 19.1. The summed E-state index contributed by atoms with van der Waals surface area (Å²) >= 11 is 0. The van der Waals surface area contributed by atoms with Crippen molar-refractivity contribution in [1.82, 2.24) is 15.1 Å². The van der Waals surface area contributed by atoms with Gasteiger partial charge in [0.05, 0.1) is 26.3 Å². The average molecular weight is 349 g/mol. The van der Waals surface area contributed by atoms with E-state index in [1.165, 1.54) is 38.5 Å². The largest absolute Gasteiger partial charge is 0.494 e. The zero-order valence-electron chi connectivity index (χ0n) is 14.3. The van der Waals surface area contributed by atoms with Gasteiger partial charge in [-0.1, -0.05) is 6.07 Å². The van der Waals surface area contributed by atoms with Gasteiger partial charge >= 0.3 is 0 Å². The standard InChI is InChI=1S/C17H20FN3O4/c1-11(12-4-6-15(25-3)13(18)10-12)19-17(23)14-5-7-16(22)21(20-14)8-9-24-2/h4-7,10-11H,8-9H2,1-3H3,(H,19,23). The van der Waals surface area contributed by atoms with Gasteiger partial charge in [0, 0.05) is 13.2 Å². The Hall–Kier alpha value is -2.74. The lowest BCUT2D eigenvalue weighted by Gasteiger charge is -2.15. The maximum atomic E-state index is 13.8. The van der Waals surface area contributed by atoms with Crippen LogP contribution in [0.15, 0.2) is 35.1 Å². The lowest BCUT2D eigenvalue weighted by molar-refractivity contribution is 0.0931. The summed E-state index contributed by atoms with van der Waals surface area (Å²) in [5.41, 5.74) is 0.356. The quantitative estimate of drug-likeness (QED) is 0.820. The number of hydrogen-bond donors (Lipinski definition) is 1. The molecule has 0 aliphatic heterocycles. The van der Waals surface area contributed by atoms with Gasteiger partial charge in [-0.25, -0.2) is 9.07 Å². The molecule has 0 saturated carbocycles. The molecule has 1 heterocycles. The van der Waals surface area contributed by atoms with Crippen LogP contribution >= 0.6 is 0 Å². The Morgan fingerprint density at radius 1 is 1.32 bits per heavy atom. The van der Waals surface area contributed by atoms with E-state index in [0.717, 1.165) is 4.68 Å². The number of nitrogens with one attached hydrogen (secondary N) is 1. The van der Waals surface area contributed by atoms with Gasteiger partial charge in [-0.3, -0.25) is 9.59 Å². The molecular formula is C17H20FN3O4. The van der Waals surface area contributed by atoms with E-state index >= 15 is 0 Å². The van der Waals surface area contributed by atoms with Crippen molar-refractivity contribution in [1.29, 1.82) is 0 Å². The number of rotatable bonds is 7. The van der Waals surface area contributed by atoms with Gasteiger partial charge in [-0.15, -0.1) is 0 Å². The molecule has 1 atom stereocenters. The molecule has 8 heteroatoms. The third kappa shape index (κ3) is 4.63. The lowest BCUT2D eigenvalue weighted by atomic mass is 10.1. The molecule has 0 radical (unpaired) electrons. The molecule has 0 fully saturated rings. The highest BCUT2D eigenvalue weighted by Crippen LogP contribution is 2.21. The minimum absolute atomic E-state index is 0.0940. The minimum Gasteiger partial charge on any atom is -0.494 e. The fourth-order valence-corrected chi connectivity index (χ4v) is 2.21. The van der Waals surface area contributed by atoms with Crippen LogP contribution in [0.5, 0.6) is 5.75 Å². The van der Waals surface area contributed by atoms with Gasteiger partial charge < -0.3 is 14.8 Å². The Morgan fingerprint density at radius 2 is 2.08 bits per heavy atom. The van der Waals surface area contributed by atoms with Gasteiger partial charge in [-0.2, -0.15) is 5.10 Å². The summed E-state index contributed by atoms with van der Waals surface area (Å²) in [6.45, 7) is 2.27. The summed E-state index contributed by atoms with van der Waals surface area (Å²) in [6, 6.07) is 6.64. The summed E-state index contributed by atoms with van der Waals surface area (Å²) < 4.78 is 24.7. The monoisotopic (exact) mass is 349 g/mol. The van der Waals surface area contributed by atoms with E-state index in [0.29, 0.717) is 12.2 Å². The zero-order valence-corrected chi connectivity index (χ0v) is 14.3. The van der Waals surface area contributed by atoms with E-state index in [1.54, 1.807) is 13.0 Å². The number of carbonyl (C=O) groups is 1. The van der Waals surface area contributed by atoms with Crippen molar-refractivity contribution < 1.29 is 18.7 Å². The predicted molar refractivity (Wildman–Crippen MR) is 89.2 cm³/mol. The molecule has 1 amide bonds. The van der Waals surface area contributed by atoms with Gasteiger partial charge in [0.25, 0.3) is 11.5 Å². The molecule has 1 aromatic carbocycles. The van der Waals surface area contributed by atoms with E-state index in [2.05, 4.69) is 10.4 Å². The molecule has 7 nitrogen and oxygen atoms in total. The molecule has 25 heavy (non-hydrogen) atoms. The first-order chi connectivity index (χ1) is 12.0. The number of nitrogens with zero attached hydrogens (tertiary/aromatic N) is 2. The average Bonchev–Trinajstić information content (AvgIpc) is 2.60. The van der Waals surface area contributed by atoms with Crippen LogP contribution in [0.3, 0.4) is 0 Å². The third-order valence-corrected chi connectivity index (χ3v) is 3.63. The summed E-state index contributed by atoms with van der Waals surface area (Å²) in [5.74, 6) is -0.837. The molecule has 0 aliphatic rings. The number of carbonyl (C=O) groups excluding carboxylic acids is 1. The minimum atomic E-state index is -0.507. The fraction of sp³-hybridized carbons (Fsp3) is 0.353. The Morgan fingerprint density at radius 3 is 2.72 bits per heavy atom. The van der Waals surface area contributed by atoms with Crippen molar-refractivity contribution in [2.24, 2.45) is 0 Å². The normalized spacial score (nSPS) is 11.8. The molecule has 1 aromatic heterocycles. The van der Waals surface area contributed by atoms with Crippen LogP contribution in [0, 0.1) is 5.82 Å². The maximum absolute atomic E-state index is 13.8. The first kappa shape index (κ1) is 18.6. The molecule has 1 N–H and O–H groups in total. The second-order valence-electron chi connectivity index (χ2n) is 5.36. The Balaban J connectivity index is 2.13. The maximum Gasteiger partial charge on any atom is 0.272 e. The molecule has 2 aromatic rings. The van der Waals surface area contributed by atoms with Crippen LogP contribution in [0.25, 0.3) is 0 Å². The molecule has 0 bridgehead atoms. The predicted octanol–water partition coefficient (Wildman–Crippen LogP) is 1.53. The van der Waals surface area contributed by atoms with Crippen molar-refractivity contribution in [2.75, 3.05) is 20.8 Å². The van der Waals surface area contributed by atoms with Crippen LogP contribution in [-0.2, 0) is 11.3 Å². The van der Waals surface area contributed by atoms with Gasteiger partial charge in [0.1, 0.15) is 5.69 Å². The van der Waals surface area contributed by atoms with Gasteiger partial charge in [-0.05, 0) is 30.7 Å². The van der Waals surface area contributed by atoms with Crippen LogP contribution in [-0.4, -0.2) is 36.5 Å². The Kier molecular flexibility index (Phi) is 6.24. The Bertz CT molecular complexity index is 807. The van der Waals surface area contributed by atoms with E-state index < -0.39 is 17.8 Å². The topological polar surface area (TPSA) is 82.5 Å².